The van der Waals surface area contributed by atoms with E-state index in [-0.39, 0.29) is 18.3 Å². The molecule has 1 aliphatic heterocycles. The standard InChI is InChI=1S/C19H19F2N7O2/c1-11-7-16-26(2)19(30)15(5-6-28(16)24-11)23-18(29)17-22-10-27(25-17)9-12-3-4-13(20)14(21)8-12/h3-4,7-8,10,15H,5-6,9H2,1-2H3,(H,23,29)/t15-/m0/s1. The van der Waals surface area contributed by atoms with E-state index in [1.165, 1.54) is 22.0 Å². The number of aromatic nitrogens is 5. The molecule has 2 amide bonds. The summed E-state index contributed by atoms with van der Waals surface area (Å²) >= 11 is 0. The molecule has 1 aliphatic rings. The zero-order valence-corrected chi connectivity index (χ0v) is 16.3. The van der Waals surface area contributed by atoms with Crippen molar-refractivity contribution in [3.05, 3.63) is 59.3 Å². The normalized spacial score (nSPS) is 16.3. The molecule has 0 unspecified atom stereocenters. The van der Waals surface area contributed by atoms with E-state index in [2.05, 4.69) is 20.5 Å². The summed E-state index contributed by atoms with van der Waals surface area (Å²) in [6, 6.07) is 4.56. The number of nitrogens with one attached hydrogen (secondary N) is 1. The molecule has 1 aromatic carbocycles. The van der Waals surface area contributed by atoms with E-state index in [9.17, 15) is 18.4 Å². The van der Waals surface area contributed by atoms with Gasteiger partial charge in [-0.25, -0.2) is 23.1 Å². The molecule has 4 rings (SSSR count). The van der Waals surface area contributed by atoms with E-state index in [1.54, 1.807) is 11.7 Å². The molecule has 3 aromatic rings. The first-order chi connectivity index (χ1) is 14.3. The summed E-state index contributed by atoms with van der Waals surface area (Å²) in [6.45, 7) is 2.44. The number of hydrogen-bond donors (Lipinski definition) is 1. The minimum Gasteiger partial charge on any atom is -0.337 e. The van der Waals surface area contributed by atoms with Crippen LogP contribution < -0.4 is 10.2 Å². The van der Waals surface area contributed by atoms with Crippen LogP contribution in [0.15, 0.2) is 30.6 Å². The largest absolute Gasteiger partial charge is 0.337 e. The minimum absolute atomic E-state index is 0.114. The average Bonchev–Trinajstić information content (AvgIpc) is 3.31. The fraction of sp³-hybridized carbons (Fsp3) is 0.316. The highest BCUT2D eigenvalue weighted by Crippen LogP contribution is 2.21. The van der Waals surface area contributed by atoms with Crippen LogP contribution in [-0.2, 0) is 17.9 Å². The zero-order valence-electron chi connectivity index (χ0n) is 16.3. The van der Waals surface area contributed by atoms with E-state index >= 15 is 0 Å². The number of hydrogen-bond acceptors (Lipinski definition) is 5. The van der Waals surface area contributed by atoms with Crippen LogP contribution in [0.3, 0.4) is 0 Å². The number of amides is 2. The van der Waals surface area contributed by atoms with Gasteiger partial charge in [-0.05, 0) is 31.0 Å². The van der Waals surface area contributed by atoms with E-state index in [0.29, 0.717) is 24.3 Å². The lowest BCUT2D eigenvalue weighted by Crippen LogP contribution is -2.47. The van der Waals surface area contributed by atoms with Crippen molar-refractivity contribution in [2.45, 2.75) is 32.5 Å². The lowest BCUT2D eigenvalue weighted by atomic mass is 10.2. The SMILES string of the molecule is Cc1cc2n(n1)CC[C@H](NC(=O)c1ncn(Cc3ccc(F)c(F)c3)n1)C(=O)N2C. The maximum Gasteiger partial charge on any atom is 0.291 e. The second kappa shape index (κ2) is 7.65. The molecule has 0 bridgehead atoms. The van der Waals surface area contributed by atoms with Crippen LogP contribution in [0.5, 0.6) is 0 Å². The molecule has 0 radical (unpaired) electrons. The van der Waals surface area contributed by atoms with Crippen molar-refractivity contribution in [2.75, 3.05) is 11.9 Å². The van der Waals surface area contributed by atoms with Gasteiger partial charge < -0.3 is 5.32 Å². The molecule has 0 aliphatic carbocycles. The van der Waals surface area contributed by atoms with Gasteiger partial charge in [-0.2, -0.15) is 5.10 Å². The molecule has 9 nitrogen and oxygen atoms in total. The average molecular weight is 415 g/mol. The third-order valence-electron chi connectivity index (χ3n) is 4.86. The van der Waals surface area contributed by atoms with Crippen molar-refractivity contribution in [3.63, 3.8) is 0 Å². The molecule has 11 heteroatoms. The Morgan fingerprint density at radius 3 is 2.80 bits per heavy atom. The van der Waals surface area contributed by atoms with Crippen LogP contribution in [0.25, 0.3) is 0 Å². The first kappa shape index (κ1) is 19.7. The molecular formula is C19H19F2N7O2. The number of anilines is 1. The van der Waals surface area contributed by atoms with Crippen molar-refractivity contribution in [2.24, 2.45) is 0 Å². The highest BCUT2D eigenvalue weighted by Gasteiger charge is 2.31. The third kappa shape index (κ3) is 3.78. The number of rotatable bonds is 4. The number of fused-ring (bicyclic) bond motifs is 1. The van der Waals surface area contributed by atoms with E-state index in [1.807, 2.05) is 13.0 Å². The molecule has 0 spiro atoms. The molecule has 0 saturated heterocycles. The van der Waals surface area contributed by atoms with Gasteiger partial charge in [-0.15, -0.1) is 5.10 Å². The van der Waals surface area contributed by atoms with Gasteiger partial charge >= 0.3 is 0 Å². The van der Waals surface area contributed by atoms with Crippen molar-refractivity contribution < 1.29 is 18.4 Å². The van der Waals surface area contributed by atoms with E-state index < -0.39 is 23.6 Å². The molecule has 156 valence electrons. The molecule has 30 heavy (non-hydrogen) atoms. The van der Waals surface area contributed by atoms with Gasteiger partial charge in [0.05, 0.1) is 12.2 Å². The second-order valence-corrected chi connectivity index (χ2v) is 7.09. The van der Waals surface area contributed by atoms with Crippen LogP contribution in [-0.4, -0.2) is 49.4 Å². The van der Waals surface area contributed by atoms with E-state index in [4.69, 9.17) is 0 Å². The fourth-order valence-electron chi connectivity index (χ4n) is 3.34. The molecule has 0 fully saturated rings. The Morgan fingerprint density at radius 1 is 1.23 bits per heavy atom. The van der Waals surface area contributed by atoms with Gasteiger partial charge in [-0.3, -0.25) is 14.5 Å². The maximum atomic E-state index is 13.3. The summed E-state index contributed by atoms with van der Waals surface area (Å²) in [5, 5.41) is 11.1. The number of halogens is 2. The van der Waals surface area contributed by atoms with Crippen LogP contribution >= 0.6 is 0 Å². The summed E-state index contributed by atoms with van der Waals surface area (Å²) in [5.74, 6) is -2.21. The Balaban J connectivity index is 1.43. The topological polar surface area (TPSA) is 97.9 Å². The zero-order chi connectivity index (χ0) is 21.4. The van der Waals surface area contributed by atoms with Crippen LogP contribution in [0.4, 0.5) is 14.6 Å². The van der Waals surface area contributed by atoms with Gasteiger partial charge in [0.15, 0.2) is 11.6 Å². The van der Waals surface area contributed by atoms with Crippen LogP contribution in [0.1, 0.15) is 28.3 Å². The smallest absolute Gasteiger partial charge is 0.291 e. The van der Waals surface area contributed by atoms with Crippen LogP contribution in [0.2, 0.25) is 0 Å². The number of carbonyl (C=O) groups is 2. The summed E-state index contributed by atoms with van der Waals surface area (Å²) in [7, 11) is 1.63. The molecule has 2 aromatic heterocycles. The number of benzene rings is 1. The fourth-order valence-corrected chi connectivity index (χ4v) is 3.34. The molecule has 1 atom stereocenters. The number of carbonyl (C=O) groups excluding carboxylic acids is 2. The van der Waals surface area contributed by atoms with Gasteiger partial charge in [0.1, 0.15) is 18.2 Å². The number of likely N-dealkylation sites (N-methyl/N-ethyl adjacent to an activating group) is 1. The Kier molecular flexibility index (Phi) is 5.02. The third-order valence-corrected chi connectivity index (χ3v) is 4.86. The van der Waals surface area contributed by atoms with Crippen molar-refractivity contribution in [1.29, 1.82) is 0 Å². The lowest BCUT2D eigenvalue weighted by molar-refractivity contribution is -0.120. The maximum absolute atomic E-state index is 13.3. The van der Waals surface area contributed by atoms with Crippen molar-refractivity contribution in [1.82, 2.24) is 29.9 Å². The highest BCUT2D eigenvalue weighted by molar-refractivity contribution is 6.00. The van der Waals surface area contributed by atoms with Crippen molar-refractivity contribution in [3.8, 4) is 0 Å². The predicted octanol–water partition coefficient (Wildman–Crippen LogP) is 1.27. The number of nitrogens with zero attached hydrogens (tertiary/aromatic N) is 6. The predicted molar refractivity (Wildman–Crippen MR) is 102 cm³/mol. The highest BCUT2D eigenvalue weighted by atomic mass is 19.2. The van der Waals surface area contributed by atoms with Gasteiger partial charge in [0.25, 0.3) is 11.8 Å². The monoisotopic (exact) mass is 415 g/mol. The molecule has 0 saturated carbocycles. The Hall–Kier alpha value is -3.63. The Labute approximate surface area is 170 Å². The summed E-state index contributed by atoms with van der Waals surface area (Å²) in [5.41, 5.74) is 1.28. The Morgan fingerprint density at radius 2 is 2.03 bits per heavy atom. The summed E-state index contributed by atoms with van der Waals surface area (Å²) < 4.78 is 29.5. The van der Waals surface area contributed by atoms with Crippen LogP contribution in [0, 0.1) is 18.6 Å². The number of aryl methyl sites for hydroxylation is 2. The first-order valence-electron chi connectivity index (χ1n) is 9.28. The summed E-state index contributed by atoms with van der Waals surface area (Å²) in [6.07, 6.45) is 1.69. The van der Waals surface area contributed by atoms with Gasteiger partial charge in [0.2, 0.25) is 5.82 Å². The van der Waals surface area contributed by atoms with E-state index in [0.717, 1.165) is 17.8 Å². The Bertz CT molecular complexity index is 1120. The quantitative estimate of drug-likeness (QED) is 0.692. The molecular weight excluding hydrogens is 396 g/mol. The molecule has 1 N–H and O–H groups in total. The first-order valence-corrected chi connectivity index (χ1v) is 9.28. The van der Waals surface area contributed by atoms with Gasteiger partial charge in [-0.1, -0.05) is 6.07 Å². The molecule has 3 heterocycles. The minimum atomic E-state index is -0.961. The second-order valence-electron chi connectivity index (χ2n) is 7.09. The lowest BCUT2D eigenvalue weighted by Gasteiger charge is -2.19. The van der Waals surface area contributed by atoms with Gasteiger partial charge in [0, 0.05) is 19.7 Å². The van der Waals surface area contributed by atoms with Crippen molar-refractivity contribution >= 4 is 17.6 Å². The summed E-state index contributed by atoms with van der Waals surface area (Å²) in [4.78, 5) is 30.7.